The Kier molecular flexibility index (Phi) is 4.34. The van der Waals surface area contributed by atoms with Crippen molar-refractivity contribution < 1.29 is 13.9 Å². The first-order valence-electron chi connectivity index (χ1n) is 7.65. The fraction of sp³-hybridized carbons (Fsp3) is 0.412. The van der Waals surface area contributed by atoms with Crippen molar-refractivity contribution in [2.75, 3.05) is 13.7 Å². The summed E-state index contributed by atoms with van der Waals surface area (Å²) in [4.78, 5) is 26.1. The zero-order chi connectivity index (χ0) is 16.4. The van der Waals surface area contributed by atoms with Crippen LogP contribution in [0.4, 0.5) is 0 Å². The van der Waals surface area contributed by atoms with E-state index in [1.807, 2.05) is 17.0 Å². The predicted molar refractivity (Wildman–Crippen MR) is 84.1 cm³/mol. The second-order valence-corrected chi connectivity index (χ2v) is 5.76. The Balaban J connectivity index is 1.83. The highest BCUT2D eigenvalue weighted by Crippen LogP contribution is 2.34. The average Bonchev–Trinajstić information content (AvgIpc) is 3.18. The molecule has 23 heavy (non-hydrogen) atoms. The lowest BCUT2D eigenvalue weighted by Crippen LogP contribution is -2.31. The SMILES string of the molecule is COCc1ccc(C2CCCN2C(=O)c2ccc(=O)n(C)c2)o1. The van der Waals surface area contributed by atoms with Crippen LogP contribution in [0.1, 0.15) is 40.8 Å². The van der Waals surface area contributed by atoms with Gasteiger partial charge in [-0.3, -0.25) is 9.59 Å². The minimum absolute atomic E-state index is 0.0645. The van der Waals surface area contributed by atoms with Crippen molar-refractivity contribution in [3.05, 3.63) is 57.9 Å². The van der Waals surface area contributed by atoms with Crippen LogP contribution in [0.5, 0.6) is 0 Å². The normalized spacial score (nSPS) is 17.7. The molecule has 1 atom stereocenters. The molecule has 1 unspecified atom stereocenters. The van der Waals surface area contributed by atoms with E-state index in [-0.39, 0.29) is 17.5 Å². The second-order valence-electron chi connectivity index (χ2n) is 5.76. The van der Waals surface area contributed by atoms with Crippen molar-refractivity contribution in [1.82, 2.24) is 9.47 Å². The van der Waals surface area contributed by atoms with Crippen molar-refractivity contribution >= 4 is 5.91 Å². The van der Waals surface area contributed by atoms with Crippen molar-refractivity contribution in [3.8, 4) is 0 Å². The molecule has 122 valence electrons. The summed E-state index contributed by atoms with van der Waals surface area (Å²) in [5.41, 5.74) is 0.387. The van der Waals surface area contributed by atoms with Crippen LogP contribution >= 0.6 is 0 Å². The molecule has 6 nitrogen and oxygen atoms in total. The Morgan fingerprint density at radius 1 is 1.35 bits per heavy atom. The van der Waals surface area contributed by atoms with Gasteiger partial charge in [0.1, 0.15) is 18.1 Å². The van der Waals surface area contributed by atoms with E-state index in [0.29, 0.717) is 18.7 Å². The number of ether oxygens (including phenoxy) is 1. The number of furan rings is 1. The molecule has 1 fully saturated rings. The van der Waals surface area contributed by atoms with Crippen molar-refractivity contribution in [2.45, 2.75) is 25.5 Å². The maximum Gasteiger partial charge on any atom is 0.255 e. The lowest BCUT2D eigenvalue weighted by molar-refractivity contribution is 0.0715. The summed E-state index contributed by atoms with van der Waals surface area (Å²) < 4.78 is 12.3. The van der Waals surface area contributed by atoms with Gasteiger partial charge in [0.2, 0.25) is 5.56 Å². The minimum atomic E-state index is -0.130. The molecule has 0 bridgehead atoms. The first-order chi connectivity index (χ1) is 11.1. The van der Waals surface area contributed by atoms with E-state index in [9.17, 15) is 9.59 Å². The molecule has 1 aliphatic heterocycles. The van der Waals surface area contributed by atoms with E-state index >= 15 is 0 Å². The van der Waals surface area contributed by atoms with E-state index in [1.54, 1.807) is 26.4 Å². The van der Waals surface area contributed by atoms with Crippen LogP contribution in [0.15, 0.2) is 39.7 Å². The first-order valence-corrected chi connectivity index (χ1v) is 7.65. The summed E-state index contributed by atoms with van der Waals surface area (Å²) in [6, 6.07) is 6.73. The van der Waals surface area contributed by atoms with Crippen molar-refractivity contribution in [3.63, 3.8) is 0 Å². The number of hydrogen-bond donors (Lipinski definition) is 0. The zero-order valence-electron chi connectivity index (χ0n) is 13.3. The first kappa shape index (κ1) is 15.6. The third kappa shape index (κ3) is 3.07. The number of aromatic nitrogens is 1. The molecular weight excluding hydrogens is 296 g/mol. The number of likely N-dealkylation sites (tertiary alicyclic amines) is 1. The van der Waals surface area contributed by atoms with Gasteiger partial charge in [-0.2, -0.15) is 0 Å². The number of rotatable bonds is 4. The van der Waals surface area contributed by atoms with Crippen molar-refractivity contribution in [1.29, 1.82) is 0 Å². The summed E-state index contributed by atoms with van der Waals surface area (Å²) >= 11 is 0. The number of aryl methyl sites for hydroxylation is 1. The Bertz CT molecular complexity index is 762. The average molecular weight is 316 g/mol. The molecule has 0 saturated carbocycles. The second kappa shape index (κ2) is 6.42. The van der Waals surface area contributed by atoms with Gasteiger partial charge in [-0.15, -0.1) is 0 Å². The Hall–Kier alpha value is -2.34. The Labute approximate surface area is 134 Å². The van der Waals surface area contributed by atoms with E-state index in [2.05, 4.69) is 0 Å². The Morgan fingerprint density at radius 2 is 2.17 bits per heavy atom. The van der Waals surface area contributed by atoms with Crippen molar-refractivity contribution in [2.24, 2.45) is 7.05 Å². The van der Waals surface area contributed by atoms with Gasteiger partial charge >= 0.3 is 0 Å². The molecule has 3 rings (SSSR count). The maximum atomic E-state index is 12.8. The summed E-state index contributed by atoms with van der Waals surface area (Å²) in [6.07, 6.45) is 3.39. The molecule has 0 aromatic carbocycles. The van der Waals surface area contributed by atoms with Crippen LogP contribution in [-0.2, 0) is 18.4 Å². The van der Waals surface area contributed by atoms with Gasteiger partial charge < -0.3 is 18.6 Å². The molecule has 1 saturated heterocycles. The van der Waals surface area contributed by atoms with Gasteiger partial charge in [-0.1, -0.05) is 0 Å². The maximum absolute atomic E-state index is 12.8. The number of methoxy groups -OCH3 is 1. The number of amides is 1. The minimum Gasteiger partial charge on any atom is -0.461 e. The standard InChI is InChI=1S/C17H20N2O4/c1-18-10-12(5-8-16(18)20)17(21)19-9-3-4-14(19)15-7-6-13(23-15)11-22-2/h5-8,10,14H,3-4,9,11H2,1-2H3. The van der Waals surface area contributed by atoms with Gasteiger partial charge in [-0.05, 0) is 31.0 Å². The molecular formula is C17H20N2O4. The van der Waals surface area contributed by atoms with Gasteiger partial charge in [-0.25, -0.2) is 0 Å². The zero-order valence-corrected chi connectivity index (χ0v) is 13.3. The van der Waals surface area contributed by atoms with Crippen LogP contribution in [0.25, 0.3) is 0 Å². The fourth-order valence-corrected chi connectivity index (χ4v) is 2.99. The largest absolute Gasteiger partial charge is 0.461 e. The highest BCUT2D eigenvalue weighted by Gasteiger charge is 2.32. The van der Waals surface area contributed by atoms with E-state index < -0.39 is 0 Å². The number of nitrogens with zero attached hydrogens (tertiary/aromatic N) is 2. The highest BCUT2D eigenvalue weighted by atomic mass is 16.5. The lowest BCUT2D eigenvalue weighted by Gasteiger charge is -2.23. The molecule has 1 aliphatic rings. The third-order valence-corrected chi connectivity index (χ3v) is 4.14. The highest BCUT2D eigenvalue weighted by molar-refractivity contribution is 5.94. The molecule has 1 amide bonds. The summed E-state index contributed by atoms with van der Waals surface area (Å²) in [5, 5.41) is 0. The smallest absolute Gasteiger partial charge is 0.255 e. The molecule has 6 heteroatoms. The number of hydrogen-bond acceptors (Lipinski definition) is 4. The molecule has 2 aromatic rings. The number of carbonyl (C=O) groups excluding carboxylic acids is 1. The summed E-state index contributed by atoms with van der Waals surface area (Å²) in [7, 11) is 3.26. The number of pyridine rings is 1. The van der Waals surface area contributed by atoms with Gasteiger partial charge in [0.25, 0.3) is 5.91 Å². The van der Waals surface area contributed by atoms with Gasteiger partial charge in [0.05, 0.1) is 11.6 Å². The summed E-state index contributed by atoms with van der Waals surface area (Å²) in [6.45, 7) is 1.11. The summed E-state index contributed by atoms with van der Waals surface area (Å²) in [5.74, 6) is 1.46. The quantitative estimate of drug-likeness (QED) is 0.866. The van der Waals surface area contributed by atoms with Crippen LogP contribution in [0.3, 0.4) is 0 Å². The molecule has 0 aliphatic carbocycles. The van der Waals surface area contributed by atoms with E-state index in [4.69, 9.17) is 9.15 Å². The number of carbonyl (C=O) groups is 1. The molecule has 0 spiro atoms. The topological polar surface area (TPSA) is 64.7 Å². The monoisotopic (exact) mass is 316 g/mol. The van der Waals surface area contributed by atoms with Gasteiger partial charge in [0.15, 0.2) is 0 Å². The van der Waals surface area contributed by atoms with Crippen LogP contribution in [0, 0.1) is 0 Å². The van der Waals surface area contributed by atoms with E-state index in [0.717, 1.165) is 24.4 Å². The Morgan fingerprint density at radius 3 is 2.91 bits per heavy atom. The predicted octanol–water partition coefficient (Wildman–Crippen LogP) is 2.10. The fourth-order valence-electron chi connectivity index (χ4n) is 2.99. The molecule has 0 radical (unpaired) electrons. The van der Waals surface area contributed by atoms with E-state index in [1.165, 1.54) is 10.6 Å². The van der Waals surface area contributed by atoms with Crippen LogP contribution in [0.2, 0.25) is 0 Å². The van der Waals surface area contributed by atoms with Gasteiger partial charge in [0, 0.05) is 33.0 Å². The third-order valence-electron chi connectivity index (χ3n) is 4.14. The molecule has 2 aromatic heterocycles. The molecule has 0 N–H and O–H groups in total. The van der Waals surface area contributed by atoms with Crippen LogP contribution in [-0.4, -0.2) is 29.0 Å². The lowest BCUT2D eigenvalue weighted by atomic mass is 10.1. The molecule has 3 heterocycles. The van der Waals surface area contributed by atoms with Crippen LogP contribution < -0.4 is 5.56 Å².